The van der Waals surface area contributed by atoms with Crippen molar-refractivity contribution in [3.63, 3.8) is 0 Å². The molecule has 0 saturated heterocycles. The second-order valence-electron chi connectivity index (χ2n) is 4.10. The van der Waals surface area contributed by atoms with Crippen LogP contribution in [0.3, 0.4) is 0 Å². The van der Waals surface area contributed by atoms with Gasteiger partial charge in [-0.3, -0.25) is 4.99 Å². The summed E-state index contributed by atoms with van der Waals surface area (Å²) in [7, 11) is 0. The molecule has 0 atom stereocenters. The number of hydrogen-bond donors (Lipinski definition) is 0. The Morgan fingerprint density at radius 2 is 2.25 bits per heavy atom. The molecule has 1 aromatic carbocycles. The van der Waals surface area contributed by atoms with E-state index in [1.54, 1.807) is 22.4 Å². The van der Waals surface area contributed by atoms with Gasteiger partial charge in [-0.1, -0.05) is 0 Å². The molecule has 0 fully saturated rings. The van der Waals surface area contributed by atoms with E-state index in [-0.39, 0.29) is 0 Å². The van der Waals surface area contributed by atoms with Crippen molar-refractivity contribution < 1.29 is 4.39 Å². The Kier molecular flexibility index (Phi) is 4.59. The molecule has 0 amide bonds. The minimum Gasteiger partial charge on any atom is -0.323 e. The van der Waals surface area contributed by atoms with Gasteiger partial charge in [-0.25, -0.2) is 4.39 Å². The Balaban J connectivity index is 2.41. The van der Waals surface area contributed by atoms with Gasteiger partial charge in [0.2, 0.25) is 0 Å². The van der Waals surface area contributed by atoms with Crippen molar-refractivity contribution in [2.75, 3.05) is 12.8 Å². The molecule has 0 spiro atoms. The van der Waals surface area contributed by atoms with Crippen molar-refractivity contribution in [2.24, 2.45) is 4.99 Å². The molecule has 0 aliphatic carbocycles. The molecule has 0 saturated carbocycles. The number of rotatable bonds is 3. The molecule has 0 bridgehead atoms. The van der Waals surface area contributed by atoms with E-state index in [1.165, 1.54) is 12.1 Å². The van der Waals surface area contributed by atoms with Gasteiger partial charge >= 0.3 is 0 Å². The van der Waals surface area contributed by atoms with E-state index in [2.05, 4.69) is 4.99 Å². The minimum absolute atomic E-state index is 0.308. The molecule has 0 N–H and O–H groups in total. The molecule has 0 aliphatic heterocycles. The summed E-state index contributed by atoms with van der Waals surface area (Å²) in [5.41, 5.74) is 1.93. The number of nitrogens with zero attached hydrogens (tertiary/aromatic N) is 3. The Morgan fingerprint density at radius 3 is 2.90 bits per heavy atom. The van der Waals surface area contributed by atoms with E-state index in [0.717, 1.165) is 17.2 Å². The second-order valence-corrected chi connectivity index (χ2v) is 4.90. The van der Waals surface area contributed by atoms with Crippen LogP contribution < -0.4 is 0 Å². The summed E-state index contributed by atoms with van der Waals surface area (Å²) in [6.45, 7) is 2.71. The van der Waals surface area contributed by atoms with E-state index in [1.807, 2.05) is 37.7 Å². The molecule has 5 heteroatoms. The van der Waals surface area contributed by atoms with Crippen LogP contribution in [-0.2, 0) is 0 Å². The number of hydrogen-bond acceptors (Lipinski definition) is 3. The summed E-state index contributed by atoms with van der Waals surface area (Å²) < 4.78 is 15.3. The lowest BCUT2D eigenvalue weighted by molar-refractivity contribution is 0.626. The predicted octanol–water partition coefficient (Wildman–Crippen LogP) is 3.62. The van der Waals surface area contributed by atoms with Gasteiger partial charge < -0.3 is 4.57 Å². The molecule has 1 heterocycles. The maximum Gasteiger partial charge on any atom is 0.126 e. The van der Waals surface area contributed by atoms with E-state index < -0.39 is 5.82 Å². The quantitative estimate of drug-likeness (QED) is 0.639. The van der Waals surface area contributed by atoms with Gasteiger partial charge in [0.1, 0.15) is 5.82 Å². The van der Waals surface area contributed by atoms with Crippen LogP contribution in [0.2, 0.25) is 0 Å². The first-order valence-electron chi connectivity index (χ1n) is 6.15. The maximum absolute atomic E-state index is 13.5. The van der Waals surface area contributed by atoms with E-state index >= 15 is 0 Å². The van der Waals surface area contributed by atoms with Gasteiger partial charge in [-0.15, -0.1) is 11.8 Å². The van der Waals surface area contributed by atoms with Gasteiger partial charge in [-0.05, 0) is 37.4 Å². The Morgan fingerprint density at radius 1 is 1.45 bits per heavy atom. The summed E-state index contributed by atoms with van der Waals surface area (Å²) in [5, 5.41) is 9.83. The first-order valence-corrected chi connectivity index (χ1v) is 7.38. The fourth-order valence-corrected chi connectivity index (χ4v) is 2.50. The van der Waals surface area contributed by atoms with Gasteiger partial charge in [-0.2, -0.15) is 5.26 Å². The molecule has 102 valence electrons. The highest BCUT2D eigenvalue weighted by Gasteiger charge is 2.07. The third-order valence-corrected chi connectivity index (χ3v) is 3.50. The van der Waals surface area contributed by atoms with E-state index in [9.17, 15) is 4.39 Å². The summed E-state index contributed by atoms with van der Waals surface area (Å²) in [6, 6.07) is 8.17. The van der Waals surface area contributed by atoms with Crippen LogP contribution in [0, 0.1) is 17.1 Å². The third kappa shape index (κ3) is 3.09. The predicted molar refractivity (Wildman–Crippen MR) is 81.0 cm³/mol. The molecule has 3 nitrogen and oxygen atoms in total. The highest BCUT2D eigenvalue weighted by molar-refractivity contribution is 8.13. The summed E-state index contributed by atoms with van der Waals surface area (Å²) in [5.74, 6) is -0.415. The lowest BCUT2D eigenvalue weighted by Crippen LogP contribution is -1.96. The van der Waals surface area contributed by atoms with Crippen LogP contribution in [0.4, 0.5) is 4.39 Å². The first kappa shape index (κ1) is 14.4. The average Bonchev–Trinajstić information content (AvgIpc) is 2.93. The smallest absolute Gasteiger partial charge is 0.126 e. The fourth-order valence-electron chi connectivity index (χ4n) is 1.89. The van der Waals surface area contributed by atoms with Crippen molar-refractivity contribution in [1.29, 1.82) is 5.26 Å². The first-order chi connectivity index (χ1) is 9.67. The molecular formula is C15H14FN3S. The number of aliphatic imine (C=N–C) groups is 1. The molecule has 0 aliphatic rings. The topological polar surface area (TPSA) is 41.1 Å². The summed E-state index contributed by atoms with van der Waals surface area (Å²) in [6.07, 6.45) is 5.70. The second kappa shape index (κ2) is 6.40. The standard InChI is InChI=1S/C15H14FN3S/c1-3-18-15(20-2)12-4-5-19(10-12)14-7-11(9-17)6-13(16)8-14/h4-8,10H,3H2,1-2H3. The number of benzene rings is 1. The van der Waals surface area contributed by atoms with Crippen molar-refractivity contribution in [1.82, 2.24) is 4.57 Å². The molecule has 0 radical (unpaired) electrons. The van der Waals surface area contributed by atoms with Crippen molar-refractivity contribution in [2.45, 2.75) is 6.92 Å². The van der Waals surface area contributed by atoms with Gasteiger partial charge in [0, 0.05) is 30.2 Å². The normalized spacial score (nSPS) is 11.4. The molecule has 1 aromatic heterocycles. The van der Waals surface area contributed by atoms with E-state index in [0.29, 0.717) is 11.3 Å². The highest BCUT2D eigenvalue weighted by atomic mass is 32.2. The van der Waals surface area contributed by atoms with Crippen LogP contribution in [0.5, 0.6) is 0 Å². The van der Waals surface area contributed by atoms with Gasteiger partial charge in [0.25, 0.3) is 0 Å². The number of aromatic nitrogens is 1. The van der Waals surface area contributed by atoms with Crippen molar-refractivity contribution in [3.8, 4) is 11.8 Å². The Bertz CT molecular complexity index is 683. The summed E-state index contributed by atoms with van der Waals surface area (Å²) in [4.78, 5) is 4.41. The van der Waals surface area contributed by atoms with Crippen LogP contribution >= 0.6 is 11.8 Å². The summed E-state index contributed by atoms with van der Waals surface area (Å²) >= 11 is 1.58. The number of nitriles is 1. The van der Waals surface area contributed by atoms with Crippen molar-refractivity contribution in [3.05, 3.63) is 53.6 Å². The molecule has 0 unspecified atom stereocenters. The van der Waals surface area contributed by atoms with Crippen LogP contribution in [0.25, 0.3) is 5.69 Å². The lowest BCUT2D eigenvalue weighted by Gasteiger charge is -2.04. The molecule has 2 aromatic rings. The molecule has 2 rings (SSSR count). The lowest BCUT2D eigenvalue weighted by atomic mass is 10.2. The monoisotopic (exact) mass is 287 g/mol. The van der Waals surface area contributed by atoms with Crippen LogP contribution in [-0.4, -0.2) is 22.4 Å². The van der Waals surface area contributed by atoms with Gasteiger partial charge in [0.05, 0.1) is 16.7 Å². The van der Waals surface area contributed by atoms with Crippen LogP contribution in [0.15, 0.2) is 41.7 Å². The minimum atomic E-state index is -0.415. The SMILES string of the molecule is CCN=C(SC)c1ccn(-c2cc(F)cc(C#N)c2)c1. The van der Waals surface area contributed by atoms with Crippen molar-refractivity contribution >= 4 is 16.8 Å². The maximum atomic E-state index is 13.5. The molecule has 20 heavy (non-hydrogen) atoms. The zero-order chi connectivity index (χ0) is 14.5. The highest BCUT2D eigenvalue weighted by Crippen LogP contribution is 2.18. The van der Waals surface area contributed by atoms with E-state index in [4.69, 9.17) is 5.26 Å². The van der Waals surface area contributed by atoms with Crippen LogP contribution in [0.1, 0.15) is 18.1 Å². The number of halogens is 1. The number of thioether (sulfide) groups is 1. The zero-order valence-corrected chi connectivity index (χ0v) is 12.1. The Labute approximate surface area is 121 Å². The third-order valence-electron chi connectivity index (χ3n) is 2.74. The van der Waals surface area contributed by atoms with Gasteiger partial charge in [0.15, 0.2) is 0 Å². The fraction of sp³-hybridized carbons (Fsp3) is 0.200. The molecular weight excluding hydrogens is 273 g/mol. The average molecular weight is 287 g/mol. The Hall–Kier alpha value is -2.06. The zero-order valence-electron chi connectivity index (χ0n) is 11.3. The largest absolute Gasteiger partial charge is 0.323 e.